The van der Waals surface area contributed by atoms with Gasteiger partial charge in [0.1, 0.15) is 17.9 Å². The fraction of sp³-hybridized carbons (Fsp3) is 0.167. The third-order valence-electron chi connectivity index (χ3n) is 2.87. The molecule has 3 rings (SSSR count). The van der Waals surface area contributed by atoms with Crippen LogP contribution in [0.1, 0.15) is 10.6 Å². The van der Waals surface area contributed by atoms with Crippen molar-refractivity contribution in [1.82, 2.24) is 20.0 Å². The van der Waals surface area contributed by atoms with Gasteiger partial charge in [-0.05, 0) is 12.1 Å². The minimum absolute atomic E-state index is 0.114. The first-order valence-electron chi connectivity index (χ1n) is 5.63. The van der Waals surface area contributed by atoms with Gasteiger partial charge in [-0.2, -0.15) is 4.68 Å². The third-order valence-corrected chi connectivity index (χ3v) is 2.87. The van der Waals surface area contributed by atoms with Crippen molar-refractivity contribution in [3.8, 4) is 0 Å². The molecule has 3 aromatic rings. The van der Waals surface area contributed by atoms with Crippen LogP contribution in [0, 0.1) is 6.92 Å². The van der Waals surface area contributed by atoms with Gasteiger partial charge in [0.25, 0.3) is 11.7 Å². The Bertz CT molecular complexity index is 712. The van der Waals surface area contributed by atoms with E-state index in [0.29, 0.717) is 0 Å². The maximum Gasteiger partial charge on any atom is 0.291 e. The summed E-state index contributed by atoms with van der Waals surface area (Å²) in [6.45, 7) is 2.15. The van der Waals surface area contributed by atoms with Gasteiger partial charge >= 0.3 is 0 Å². The van der Waals surface area contributed by atoms with E-state index in [1.807, 2.05) is 42.0 Å². The van der Waals surface area contributed by atoms with E-state index in [0.717, 1.165) is 16.9 Å². The van der Waals surface area contributed by atoms with Crippen LogP contribution < -0.4 is 4.57 Å². The van der Waals surface area contributed by atoms with Crippen LogP contribution in [0.15, 0.2) is 36.7 Å². The summed E-state index contributed by atoms with van der Waals surface area (Å²) in [6.07, 6.45) is 3.62. The summed E-state index contributed by atoms with van der Waals surface area (Å²) in [7, 11) is 0. The Labute approximate surface area is 103 Å². The van der Waals surface area contributed by atoms with Gasteiger partial charge in [0.05, 0.1) is 5.52 Å². The number of para-hydroxylation sites is 1. The summed E-state index contributed by atoms with van der Waals surface area (Å²) in [5.41, 5.74) is 1.46. The Hall–Kier alpha value is -2.50. The summed E-state index contributed by atoms with van der Waals surface area (Å²) >= 11 is 0. The van der Waals surface area contributed by atoms with Crippen molar-refractivity contribution in [2.24, 2.45) is 0 Å². The number of aromatic nitrogens is 5. The first-order valence-corrected chi connectivity index (χ1v) is 5.63. The molecular formula is C12H12N5O+. The number of carbonyl (C=O) groups excluding carboxylic acids is 1. The minimum atomic E-state index is -0.114. The van der Waals surface area contributed by atoms with E-state index >= 15 is 0 Å². The van der Waals surface area contributed by atoms with Crippen LogP contribution in [0.2, 0.25) is 0 Å². The van der Waals surface area contributed by atoms with Crippen molar-refractivity contribution in [2.45, 2.75) is 13.5 Å². The molecule has 0 saturated heterocycles. The number of benzene rings is 1. The Morgan fingerprint density at radius 1 is 1.44 bits per heavy atom. The summed E-state index contributed by atoms with van der Waals surface area (Å²) in [5.74, 6) is 0.809. The van der Waals surface area contributed by atoms with Crippen molar-refractivity contribution < 1.29 is 9.36 Å². The SMILES string of the molecule is Cc1[nH]cc[n+]1CC(=O)n1nnc2ccccc21. The largest absolute Gasteiger partial charge is 0.291 e. The molecule has 0 radical (unpaired) electrons. The number of imidazole rings is 1. The first kappa shape index (κ1) is 10.6. The topological polar surface area (TPSA) is 67.4 Å². The highest BCUT2D eigenvalue weighted by Crippen LogP contribution is 2.09. The predicted molar refractivity (Wildman–Crippen MR) is 63.9 cm³/mol. The number of nitrogens with one attached hydrogen (secondary N) is 1. The van der Waals surface area contributed by atoms with Crippen molar-refractivity contribution in [1.29, 1.82) is 0 Å². The lowest BCUT2D eigenvalue weighted by Crippen LogP contribution is -2.40. The van der Waals surface area contributed by atoms with Crippen LogP contribution >= 0.6 is 0 Å². The van der Waals surface area contributed by atoms with E-state index in [2.05, 4.69) is 15.3 Å². The fourth-order valence-electron chi connectivity index (χ4n) is 1.88. The molecule has 0 aliphatic carbocycles. The summed E-state index contributed by atoms with van der Waals surface area (Å²) in [6, 6.07) is 7.41. The van der Waals surface area contributed by atoms with Crippen LogP contribution in [0.25, 0.3) is 11.0 Å². The van der Waals surface area contributed by atoms with Gasteiger partial charge in [0.15, 0.2) is 6.54 Å². The normalized spacial score (nSPS) is 10.9. The van der Waals surface area contributed by atoms with Crippen LogP contribution in [0.3, 0.4) is 0 Å². The van der Waals surface area contributed by atoms with Crippen molar-refractivity contribution in [3.63, 3.8) is 0 Å². The number of aromatic amines is 1. The highest BCUT2D eigenvalue weighted by Gasteiger charge is 2.16. The molecule has 2 heterocycles. The van der Waals surface area contributed by atoms with E-state index in [1.54, 1.807) is 6.20 Å². The van der Waals surface area contributed by atoms with Crippen LogP contribution in [0.5, 0.6) is 0 Å². The lowest BCUT2D eigenvalue weighted by molar-refractivity contribution is -0.688. The quantitative estimate of drug-likeness (QED) is 0.672. The molecular weight excluding hydrogens is 230 g/mol. The van der Waals surface area contributed by atoms with Crippen molar-refractivity contribution in [2.75, 3.05) is 0 Å². The molecule has 0 aliphatic heterocycles. The third kappa shape index (κ3) is 1.67. The zero-order valence-electron chi connectivity index (χ0n) is 9.87. The Morgan fingerprint density at radius 2 is 2.28 bits per heavy atom. The number of hydrogen-bond acceptors (Lipinski definition) is 3. The molecule has 0 saturated carbocycles. The fourth-order valence-corrected chi connectivity index (χ4v) is 1.88. The van der Waals surface area contributed by atoms with Gasteiger partial charge in [0, 0.05) is 6.92 Å². The zero-order chi connectivity index (χ0) is 12.5. The Kier molecular flexibility index (Phi) is 2.40. The lowest BCUT2D eigenvalue weighted by atomic mass is 10.3. The predicted octanol–water partition coefficient (Wildman–Crippen LogP) is 0.696. The van der Waals surface area contributed by atoms with Gasteiger partial charge in [-0.1, -0.05) is 17.3 Å². The summed E-state index contributed by atoms with van der Waals surface area (Å²) < 4.78 is 3.17. The van der Waals surface area contributed by atoms with E-state index in [4.69, 9.17) is 0 Å². The summed E-state index contributed by atoms with van der Waals surface area (Å²) in [4.78, 5) is 15.2. The van der Waals surface area contributed by atoms with E-state index in [1.165, 1.54) is 4.68 Å². The molecule has 0 fully saturated rings. The molecule has 1 N–H and O–H groups in total. The molecule has 0 atom stereocenters. The molecule has 6 heteroatoms. The number of aryl methyl sites for hydroxylation is 1. The van der Waals surface area contributed by atoms with Crippen molar-refractivity contribution in [3.05, 3.63) is 42.5 Å². The average molecular weight is 242 g/mol. The van der Waals surface area contributed by atoms with E-state index < -0.39 is 0 Å². The Balaban J connectivity index is 1.95. The van der Waals surface area contributed by atoms with Crippen molar-refractivity contribution >= 4 is 16.9 Å². The van der Waals surface area contributed by atoms with Gasteiger partial charge in [0.2, 0.25) is 0 Å². The van der Waals surface area contributed by atoms with Gasteiger partial charge in [-0.25, -0.2) is 9.55 Å². The average Bonchev–Trinajstić information content (AvgIpc) is 2.96. The second kappa shape index (κ2) is 4.06. The molecule has 18 heavy (non-hydrogen) atoms. The van der Waals surface area contributed by atoms with Crippen LogP contribution in [-0.2, 0) is 6.54 Å². The monoisotopic (exact) mass is 242 g/mol. The van der Waals surface area contributed by atoms with Gasteiger partial charge in [-0.3, -0.25) is 4.79 Å². The number of rotatable bonds is 2. The molecule has 0 amide bonds. The minimum Gasteiger partial charge on any atom is -0.268 e. The zero-order valence-corrected chi connectivity index (χ0v) is 9.87. The molecule has 0 bridgehead atoms. The number of nitrogens with zero attached hydrogens (tertiary/aromatic N) is 4. The maximum atomic E-state index is 12.2. The van der Waals surface area contributed by atoms with Gasteiger partial charge < -0.3 is 0 Å². The molecule has 0 spiro atoms. The molecule has 1 aromatic carbocycles. The van der Waals surface area contributed by atoms with Gasteiger partial charge in [-0.15, -0.1) is 5.10 Å². The number of hydrogen-bond donors (Lipinski definition) is 1. The highest BCUT2D eigenvalue weighted by atomic mass is 16.2. The van der Waals surface area contributed by atoms with Crippen LogP contribution in [0.4, 0.5) is 0 Å². The molecule has 6 nitrogen and oxygen atoms in total. The molecule has 0 unspecified atom stereocenters. The highest BCUT2D eigenvalue weighted by molar-refractivity contribution is 5.87. The number of carbonyl (C=O) groups is 1. The maximum absolute atomic E-state index is 12.2. The Morgan fingerprint density at radius 3 is 3.06 bits per heavy atom. The summed E-state index contributed by atoms with van der Waals surface area (Å²) in [5, 5.41) is 7.87. The lowest BCUT2D eigenvalue weighted by Gasteiger charge is -1.99. The second-order valence-corrected chi connectivity index (χ2v) is 4.06. The van der Waals surface area contributed by atoms with E-state index in [9.17, 15) is 4.79 Å². The molecule has 90 valence electrons. The molecule has 2 aromatic heterocycles. The number of H-pyrrole nitrogens is 1. The number of fused-ring (bicyclic) bond motifs is 1. The van der Waals surface area contributed by atoms with E-state index in [-0.39, 0.29) is 12.5 Å². The first-order chi connectivity index (χ1) is 8.75. The smallest absolute Gasteiger partial charge is 0.268 e. The standard InChI is InChI=1S/C12H11N5O/c1-9-13-6-7-16(9)8-12(18)17-11-5-3-2-4-10(11)14-15-17/h2-7H,8H2,1H3/p+1. The van der Waals surface area contributed by atoms with Crippen LogP contribution in [-0.4, -0.2) is 25.9 Å². The molecule has 0 aliphatic rings. The second-order valence-electron chi connectivity index (χ2n) is 4.06.